The van der Waals surface area contributed by atoms with Gasteiger partial charge in [-0.2, -0.15) is 0 Å². The van der Waals surface area contributed by atoms with Gasteiger partial charge in [0, 0.05) is 44.9 Å². The minimum atomic E-state index is -1.70. The third-order valence-electron chi connectivity index (χ3n) is 11.5. The van der Waals surface area contributed by atoms with Crippen LogP contribution >= 0.6 is 0 Å². The van der Waals surface area contributed by atoms with Crippen LogP contribution in [0.3, 0.4) is 0 Å². The number of allylic oxidation sites excluding steroid dienone is 2. The van der Waals surface area contributed by atoms with E-state index in [0.29, 0.717) is 33.8 Å². The van der Waals surface area contributed by atoms with E-state index in [1.807, 2.05) is 84.9 Å². The molecular weight excluding hydrogens is 629 g/mol. The maximum atomic E-state index is 14.0. The maximum absolute atomic E-state index is 14.0. The molecule has 2 aromatic heterocycles. The Bertz CT molecular complexity index is 2580. The number of para-hydroxylation sites is 2. The van der Waals surface area contributed by atoms with Crippen LogP contribution in [0.1, 0.15) is 29.1 Å². The lowest BCUT2D eigenvalue weighted by atomic mass is 9.62. The summed E-state index contributed by atoms with van der Waals surface area (Å²) in [6.07, 6.45) is 5.15. The number of furan rings is 2. The van der Waals surface area contributed by atoms with Gasteiger partial charge < -0.3 is 19.0 Å². The van der Waals surface area contributed by atoms with E-state index in [-0.39, 0.29) is 11.8 Å². The molecule has 51 heavy (non-hydrogen) atoms. The highest BCUT2D eigenvalue weighted by molar-refractivity contribution is 5.99. The SMILES string of the molecule is OC1(c2oc3ccccc3c2-c2ccccc2)C2=C(C3C=CC2C3)C(O)(c2oc3ccccc3c2-c2ccccc2)c2cc3ccccc3cc21. The molecule has 6 aromatic carbocycles. The van der Waals surface area contributed by atoms with Crippen molar-refractivity contribution in [1.29, 1.82) is 0 Å². The van der Waals surface area contributed by atoms with Crippen LogP contribution in [0.4, 0.5) is 0 Å². The van der Waals surface area contributed by atoms with E-state index >= 15 is 0 Å². The van der Waals surface area contributed by atoms with Gasteiger partial charge in [0.2, 0.25) is 0 Å². The molecule has 0 amide bonds. The second-order valence-electron chi connectivity index (χ2n) is 14.2. The highest BCUT2D eigenvalue weighted by atomic mass is 16.4. The molecule has 2 heterocycles. The molecule has 11 rings (SSSR count). The summed E-state index contributed by atoms with van der Waals surface area (Å²) in [4.78, 5) is 0. The summed E-state index contributed by atoms with van der Waals surface area (Å²) < 4.78 is 13.8. The zero-order chi connectivity index (χ0) is 33.9. The molecule has 4 heteroatoms. The molecule has 0 aliphatic heterocycles. The molecule has 3 aliphatic rings. The average Bonchev–Trinajstić information content (AvgIpc) is 3.99. The van der Waals surface area contributed by atoms with Crippen molar-refractivity contribution in [2.75, 3.05) is 0 Å². The molecule has 2 N–H and O–H groups in total. The number of rotatable bonds is 4. The van der Waals surface area contributed by atoms with Gasteiger partial charge in [-0.05, 0) is 63.7 Å². The summed E-state index contributed by atoms with van der Waals surface area (Å²) >= 11 is 0. The lowest BCUT2D eigenvalue weighted by molar-refractivity contribution is 0.0449. The zero-order valence-corrected chi connectivity index (χ0v) is 27.6. The van der Waals surface area contributed by atoms with Crippen LogP contribution in [0.25, 0.3) is 55.0 Å². The number of hydrogen-bond acceptors (Lipinski definition) is 4. The van der Waals surface area contributed by atoms with Gasteiger partial charge in [-0.1, -0.05) is 133 Å². The van der Waals surface area contributed by atoms with E-state index in [1.165, 1.54) is 0 Å². The Morgan fingerprint density at radius 1 is 0.471 bits per heavy atom. The number of aliphatic hydroxyl groups is 2. The first-order valence-corrected chi connectivity index (χ1v) is 17.6. The normalized spacial score (nSPS) is 23.4. The van der Waals surface area contributed by atoms with Crippen LogP contribution in [-0.4, -0.2) is 10.2 Å². The van der Waals surface area contributed by atoms with Gasteiger partial charge >= 0.3 is 0 Å². The third kappa shape index (κ3) is 3.76. The molecule has 8 aromatic rings. The van der Waals surface area contributed by atoms with E-state index in [9.17, 15) is 10.2 Å². The fraction of sp³-hybridized carbons (Fsp3) is 0.106. The summed E-state index contributed by atoms with van der Waals surface area (Å²) in [7, 11) is 0. The molecule has 4 nitrogen and oxygen atoms in total. The Morgan fingerprint density at radius 2 is 0.863 bits per heavy atom. The van der Waals surface area contributed by atoms with Crippen molar-refractivity contribution in [3.05, 3.63) is 192 Å². The number of fused-ring (bicyclic) bond motifs is 8. The van der Waals surface area contributed by atoms with Crippen molar-refractivity contribution >= 4 is 32.7 Å². The minimum Gasteiger partial charge on any atom is -0.457 e. The van der Waals surface area contributed by atoms with Crippen LogP contribution in [-0.2, 0) is 11.2 Å². The van der Waals surface area contributed by atoms with Crippen molar-refractivity contribution in [2.24, 2.45) is 11.8 Å². The van der Waals surface area contributed by atoms with E-state index < -0.39 is 11.2 Å². The summed E-state index contributed by atoms with van der Waals surface area (Å²) in [6, 6.07) is 48.6. The van der Waals surface area contributed by atoms with Crippen molar-refractivity contribution in [3.8, 4) is 22.3 Å². The Morgan fingerprint density at radius 3 is 1.31 bits per heavy atom. The molecular formula is C47H32O4. The molecule has 0 radical (unpaired) electrons. The largest absolute Gasteiger partial charge is 0.457 e. The first kappa shape index (κ1) is 28.9. The lowest BCUT2D eigenvalue weighted by Gasteiger charge is -2.46. The summed E-state index contributed by atoms with van der Waals surface area (Å²) in [5, 5.41) is 31.7. The van der Waals surface area contributed by atoms with E-state index in [0.717, 1.165) is 61.4 Å². The highest BCUT2D eigenvalue weighted by Gasteiger charge is 2.62. The average molecular weight is 661 g/mol. The van der Waals surface area contributed by atoms with Gasteiger partial charge in [-0.3, -0.25) is 0 Å². The van der Waals surface area contributed by atoms with Crippen LogP contribution in [0.5, 0.6) is 0 Å². The predicted molar refractivity (Wildman–Crippen MR) is 201 cm³/mol. The monoisotopic (exact) mass is 660 g/mol. The molecule has 3 aliphatic carbocycles. The quantitative estimate of drug-likeness (QED) is 0.184. The van der Waals surface area contributed by atoms with Crippen LogP contribution in [0, 0.1) is 11.8 Å². The maximum Gasteiger partial charge on any atom is 0.171 e. The second kappa shape index (κ2) is 10.3. The van der Waals surface area contributed by atoms with Crippen molar-refractivity contribution in [3.63, 3.8) is 0 Å². The minimum absolute atomic E-state index is 0.109. The topological polar surface area (TPSA) is 66.7 Å². The Labute approximate surface area is 294 Å². The first-order chi connectivity index (χ1) is 25.0. The molecule has 0 saturated heterocycles. The van der Waals surface area contributed by atoms with Crippen LogP contribution in [0.15, 0.2) is 178 Å². The summed E-state index contributed by atoms with van der Waals surface area (Å²) in [5.74, 6) is 0.717. The Hall–Kier alpha value is -5.94. The van der Waals surface area contributed by atoms with Crippen molar-refractivity contribution < 1.29 is 19.0 Å². The molecule has 244 valence electrons. The summed E-state index contributed by atoms with van der Waals surface area (Å²) in [5.41, 5.74) is 4.36. The first-order valence-electron chi connectivity index (χ1n) is 17.6. The lowest BCUT2D eigenvalue weighted by Crippen LogP contribution is -2.46. The van der Waals surface area contributed by atoms with Crippen molar-refractivity contribution in [1.82, 2.24) is 0 Å². The van der Waals surface area contributed by atoms with Gasteiger partial charge in [0.15, 0.2) is 22.7 Å². The molecule has 0 spiro atoms. The summed E-state index contributed by atoms with van der Waals surface area (Å²) in [6.45, 7) is 0. The van der Waals surface area contributed by atoms with Crippen LogP contribution < -0.4 is 0 Å². The van der Waals surface area contributed by atoms with Gasteiger partial charge in [-0.25, -0.2) is 0 Å². The number of benzene rings is 6. The van der Waals surface area contributed by atoms with E-state index in [4.69, 9.17) is 8.83 Å². The standard InChI is InChI=1S/C47H32O4/c48-46(44-40(28-13-3-1-4-14-28)34-19-9-11-21-38(34)50-44)36-26-30-17-7-8-18-31(30)27-37(36)47(49,43-33-24-23-32(25-33)42(43)46)45-41(29-15-5-2-6-16-29)35-20-10-12-22-39(35)51-45/h1-24,26-27,32-33,48-49H,25H2. The smallest absolute Gasteiger partial charge is 0.171 e. The fourth-order valence-corrected chi connectivity index (χ4v) is 9.45. The number of hydrogen-bond donors (Lipinski definition) is 2. The van der Waals surface area contributed by atoms with Gasteiger partial charge in [-0.15, -0.1) is 0 Å². The van der Waals surface area contributed by atoms with Crippen molar-refractivity contribution in [2.45, 2.75) is 17.6 Å². The van der Waals surface area contributed by atoms with Gasteiger partial charge in [0.05, 0.1) is 0 Å². The Balaban J connectivity index is 1.31. The Kier molecular flexibility index (Phi) is 5.83. The van der Waals surface area contributed by atoms with E-state index in [1.54, 1.807) is 0 Å². The highest BCUT2D eigenvalue weighted by Crippen LogP contribution is 2.66. The van der Waals surface area contributed by atoms with Crippen LogP contribution in [0.2, 0.25) is 0 Å². The molecule has 0 saturated carbocycles. The van der Waals surface area contributed by atoms with E-state index in [2.05, 4.69) is 72.8 Å². The molecule has 4 unspecified atom stereocenters. The third-order valence-corrected chi connectivity index (χ3v) is 11.5. The fourth-order valence-electron chi connectivity index (χ4n) is 9.45. The van der Waals surface area contributed by atoms with Gasteiger partial charge in [0.25, 0.3) is 0 Å². The predicted octanol–water partition coefficient (Wildman–Crippen LogP) is 10.7. The zero-order valence-electron chi connectivity index (χ0n) is 27.6. The second-order valence-corrected chi connectivity index (χ2v) is 14.2. The van der Waals surface area contributed by atoms with Gasteiger partial charge in [0.1, 0.15) is 11.2 Å². The molecule has 2 bridgehead atoms. The molecule has 4 atom stereocenters. The molecule has 0 fully saturated rings.